The zero-order valence-electron chi connectivity index (χ0n) is 18.2. The molecule has 0 saturated heterocycles. The highest BCUT2D eigenvalue weighted by atomic mass is 16.7. The molecule has 1 amide bonds. The van der Waals surface area contributed by atoms with Crippen molar-refractivity contribution >= 4 is 5.91 Å². The summed E-state index contributed by atoms with van der Waals surface area (Å²) in [5.74, 6) is -0.151. The number of hydroxylamine groups is 1. The maximum atomic E-state index is 11.9. The lowest BCUT2D eigenvalue weighted by atomic mass is 9.78. The molecule has 0 bridgehead atoms. The van der Waals surface area contributed by atoms with Crippen LogP contribution in [-0.2, 0) is 15.0 Å². The number of rotatable bonds is 12. The molecular weight excluding hydrogens is 372 g/mol. The van der Waals surface area contributed by atoms with E-state index in [1.54, 1.807) is 0 Å². The molecule has 1 aliphatic rings. The maximum absolute atomic E-state index is 11.9. The van der Waals surface area contributed by atoms with Crippen LogP contribution in [0, 0.1) is 5.41 Å². The van der Waals surface area contributed by atoms with Crippen LogP contribution < -0.4 is 11.0 Å². The number of carbonyl (C=O) groups is 1. The molecule has 164 valence electrons. The van der Waals surface area contributed by atoms with E-state index < -0.39 is 0 Å². The summed E-state index contributed by atoms with van der Waals surface area (Å²) < 4.78 is 4.89. The van der Waals surface area contributed by atoms with Crippen molar-refractivity contribution in [1.29, 1.82) is 0 Å². The predicted octanol–water partition coefficient (Wildman–Crippen LogP) is 3.74. The van der Waals surface area contributed by atoms with Crippen LogP contribution in [0.15, 0.2) is 27.2 Å². The number of unbranched alkanes of at least 4 members (excludes halogenated alkanes) is 2. The summed E-state index contributed by atoms with van der Waals surface area (Å²) in [5.41, 5.74) is 3.29. The molecule has 7 heteroatoms. The smallest absolute Gasteiger partial charge is 0.283 e. The first-order chi connectivity index (χ1) is 13.6. The fraction of sp³-hybridized carbons (Fsp3) is 0.727. The SMILES string of the molecule is CC(C)(CCCCC(O)CCCCC(C)(C)c1co[nH]c1=O)C1=CCONC1=O. The molecule has 7 nitrogen and oxygen atoms in total. The van der Waals surface area contributed by atoms with Crippen molar-refractivity contribution in [2.24, 2.45) is 5.41 Å². The second-order valence-corrected chi connectivity index (χ2v) is 9.35. The van der Waals surface area contributed by atoms with Gasteiger partial charge in [-0.2, -0.15) is 5.16 Å². The van der Waals surface area contributed by atoms with Crippen molar-refractivity contribution in [3.05, 3.63) is 33.8 Å². The lowest BCUT2D eigenvalue weighted by Gasteiger charge is -2.29. The standard InChI is InChI=1S/C22H36N2O5/c1-21(2,17-11-14-28-23-19(17)26)12-7-5-9-16(25)10-6-8-13-22(3,4)18-15-29-24-20(18)27/h11,15-16,25H,5-10,12-14H2,1-4H3,(H,23,26)(H,24,27). The highest BCUT2D eigenvalue weighted by molar-refractivity contribution is 5.94. The largest absolute Gasteiger partial charge is 0.393 e. The number of hydrogen-bond donors (Lipinski definition) is 3. The van der Waals surface area contributed by atoms with Crippen LogP contribution in [0.2, 0.25) is 0 Å². The van der Waals surface area contributed by atoms with Gasteiger partial charge in [-0.15, -0.1) is 0 Å². The van der Waals surface area contributed by atoms with Crippen LogP contribution >= 0.6 is 0 Å². The number of amides is 1. The lowest BCUT2D eigenvalue weighted by Crippen LogP contribution is -2.36. The minimum absolute atomic E-state index is 0.151. The summed E-state index contributed by atoms with van der Waals surface area (Å²) in [5, 5.41) is 12.6. The van der Waals surface area contributed by atoms with Crippen molar-refractivity contribution in [3.8, 4) is 0 Å². The van der Waals surface area contributed by atoms with Crippen molar-refractivity contribution in [3.63, 3.8) is 0 Å². The van der Waals surface area contributed by atoms with E-state index >= 15 is 0 Å². The molecule has 3 N–H and O–H groups in total. The quantitative estimate of drug-likeness (QED) is 0.457. The Hall–Kier alpha value is -1.86. The van der Waals surface area contributed by atoms with Crippen LogP contribution in [-0.4, -0.2) is 28.9 Å². The number of aromatic nitrogens is 1. The Morgan fingerprint density at radius 2 is 1.66 bits per heavy atom. The molecule has 0 radical (unpaired) electrons. The van der Waals surface area contributed by atoms with Gasteiger partial charge in [0, 0.05) is 5.57 Å². The van der Waals surface area contributed by atoms with Gasteiger partial charge in [0.25, 0.3) is 11.5 Å². The first-order valence-electron chi connectivity index (χ1n) is 10.6. The average Bonchev–Trinajstić information content (AvgIpc) is 3.10. The highest BCUT2D eigenvalue weighted by Gasteiger charge is 2.30. The molecule has 2 rings (SSSR count). The number of carbonyl (C=O) groups excluding carboxylic acids is 1. The molecule has 0 aliphatic carbocycles. The second kappa shape index (κ2) is 10.3. The van der Waals surface area contributed by atoms with E-state index in [2.05, 4.69) is 24.5 Å². The number of aliphatic hydroxyl groups excluding tert-OH is 1. The number of H-pyrrole nitrogens is 1. The third-order valence-electron chi connectivity index (χ3n) is 5.99. The third-order valence-corrected chi connectivity index (χ3v) is 5.99. The van der Waals surface area contributed by atoms with Crippen molar-refractivity contribution in [2.45, 2.75) is 90.6 Å². The Balaban J connectivity index is 1.62. The summed E-state index contributed by atoms with van der Waals surface area (Å²) in [6.45, 7) is 8.65. The van der Waals surface area contributed by atoms with Gasteiger partial charge < -0.3 is 9.63 Å². The van der Waals surface area contributed by atoms with Crippen molar-refractivity contribution in [1.82, 2.24) is 10.6 Å². The van der Waals surface area contributed by atoms with E-state index in [-0.39, 0.29) is 28.4 Å². The Morgan fingerprint density at radius 3 is 2.21 bits per heavy atom. The monoisotopic (exact) mass is 408 g/mol. The molecule has 1 aliphatic heterocycles. The molecule has 29 heavy (non-hydrogen) atoms. The fourth-order valence-electron chi connectivity index (χ4n) is 3.99. The van der Waals surface area contributed by atoms with E-state index in [9.17, 15) is 14.7 Å². The van der Waals surface area contributed by atoms with Gasteiger partial charge in [-0.1, -0.05) is 53.4 Å². The summed E-state index contributed by atoms with van der Waals surface area (Å²) >= 11 is 0. The van der Waals surface area contributed by atoms with Crippen LogP contribution in [0.3, 0.4) is 0 Å². The van der Waals surface area contributed by atoms with E-state index in [1.165, 1.54) is 6.26 Å². The van der Waals surface area contributed by atoms with Crippen LogP contribution in [0.1, 0.15) is 84.6 Å². The van der Waals surface area contributed by atoms with Crippen molar-refractivity contribution < 1.29 is 19.3 Å². The molecule has 2 heterocycles. The number of aromatic amines is 1. The number of hydrogen-bond acceptors (Lipinski definition) is 5. The Bertz CT molecular complexity index is 744. The first-order valence-corrected chi connectivity index (χ1v) is 10.6. The second-order valence-electron chi connectivity index (χ2n) is 9.35. The summed E-state index contributed by atoms with van der Waals surface area (Å²) in [6, 6.07) is 0. The molecule has 0 aromatic carbocycles. The van der Waals surface area contributed by atoms with E-state index in [0.29, 0.717) is 12.2 Å². The van der Waals surface area contributed by atoms with Crippen LogP contribution in [0.25, 0.3) is 0 Å². The van der Waals surface area contributed by atoms with E-state index in [1.807, 2.05) is 19.9 Å². The first kappa shape index (κ1) is 23.4. The van der Waals surface area contributed by atoms with Crippen LogP contribution in [0.4, 0.5) is 0 Å². The molecular formula is C22H36N2O5. The average molecular weight is 409 g/mol. The Morgan fingerprint density at radius 1 is 1.03 bits per heavy atom. The summed E-state index contributed by atoms with van der Waals surface area (Å²) in [7, 11) is 0. The lowest BCUT2D eigenvalue weighted by molar-refractivity contribution is -0.131. The maximum Gasteiger partial charge on any atom is 0.283 e. The molecule has 1 atom stereocenters. The molecule has 0 saturated carbocycles. The topological polar surface area (TPSA) is 105 Å². The highest BCUT2D eigenvalue weighted by Crippen LogP contribution is 2.33. The number of aliphatic hydroxyl groups is 1. The van der Waals surface area contributed by atoms with Crippen molar-refractivity contribution in [2.75, 3.05) is 6.61 Å². The predicted molar refractivity (Wildman–Crippen MR) is 111 cm³/mol. The molecule has 1 unspecified atom stereocenters. The minimum atomic E-state index is -0.302. The van der Waals surface area contributed by atoms with Gasteiger partial charge >= 0.3 is 0 Å². The van der Waals surface area contributed by atoms with Gasteiger partial charge in [-0.25, -0.2) is 5.48 Å². The third kappa shape index (κ3) is 6.85. The molecule has 1 aromatic rings. The van der Waals surface area contributed by atoms with E-state index in [0.717, 1.165) is 56.9 Å². The summed E-state index contributed by atoms with van der Waals surface area (Å²) in [6.07, 6.45) is 10.1. The van der Waals surface area contributed by atoms with Gasteiger partial charge in [0.2, 0.25) is 0 Å². The Labute approximate surface area is 172 Å². The van der Waals surface area contributed by atoms with E-state index in [4.69, 9.17) is 9.36 Å². The van der Waals surface area contributed by atoms with Gasteiger partial charge in [0.05, 0.1) is 18.3 Å². The van der Waals surface area contributed by atoms with Gasteiger partial charge in [-0.05, 0) is 42.6 Å². The normalized spacial score (nSPS) is 16.4. The Kier molecular flexibility index (Phi) is 8.28. The fourth-order valence-corrected chi connectivity index (χ4v) is 3.99. The number of nitrogens with one attached hydrogen (secondary N) is 2. The molecule has 1 aromatic heterocycles. The van der Waals surface area contributed by atoms with Gasteiger partial charge in [0.1, 0.15) is 6.26 Å². The summed E-state index contributed by atoms with van der Waals surface area (Å²) in [4.78, 5) is 28.6. The van der Waals surface area contributed by atoms with Gasteiger partial charge in [-0.3, -0.25) is 14.4 Å². The minimum Gasteiger partial charge on any atom is -0.393 e. The molecule has 0 fully saturated rings. The molecule has 0 spiro atoms. The van der Waals surface area contributed by atoms with Crippen LogP contribution in [0.5, 0.6) is 0 Å². The zero-order chi connectivity index (χ0) is 21.5. The van der Waals surface area contributed by atoms with Gasteiger partial charge in [0.15, 0.2) is 0 Å². The zero-order valence-corrected chi connectivity index (χ0v) is 18.2.